The molecular weight excluding hydrogens is 445 g/mol. The third-order valence-corrected chi connectivity index (χ3v) is 5.57. The standard InChI is InChI=1S/C26H36BN3O5/c1-4-5-9-19-12-14-21(15-13-19)25(32)29-22(17-28-24(31)20-10-7-6-8-11-20)26(33)30-23(27(34)35)16-18(2)3/h6-8,10-15,18,22-23,34-35H,4-5,9,16-17H2,1-3H3,(H,28,31)(H,29,32)(H,30,33)/t22-,23-/m0/s1. The van der Waals surface area contributed by atoms with Gasteiger partial charge in [-0.05, 0) is 55.0 Å². The first-order chi connectivity index (χ1) is 16.7. The average molecular weight is 481 g/mol. The van der Waals surface area contributed by atoms with Crippen molar-refractivity contribution in [2.75, 3.05) is 6.54 Å². The van der Waals surface area contributed by atoms with Crippen LogP contribution in [0, 0.1) is 5.92 Å². The Hall–Kier alpha value is -3.17. The third-order valence-electron chi connectivity index (χ3n) is 5.57. The first-order valence-corrected chi connectivity index (χ1v) is 12.1. The third kappa shape index (κ3) is 9.54. The highest BCUT2D eigenvalue weighted by Gasteiger charge is 2.30. The van der Waals surface area contributed by atoms with Crippen molar-refractivity contribution in [3.63, 3.8) is 0 Å². The van der Waals surface area contributed by atoms with Gasteiger partial charge in [0, 0.05) is 17.7 Å². The Balaban J connectivity index is 2.14. The van der Waals surface area contributed by atoms with Gasteiger partial charge in [0.1, 0.15) is 6.04 Å². The first kappa shape index (κ1) is 28.1. The van der Waals surface area contributed by atoms with Crippen molar-refractivity contribution in [1.29, 1.82) is 0 Å². The van der Waals surface area contributed by atoms with Gasteiger partial charge < -0.3 is 26.0 Å². The zero-order valence-electron chi connectivity index (χ0n) is 20.7. The molecule has 8 nitrogen and oxygen atoms in total. The van der Waals surface area contributed by atoms with E-state index in [1.54, 1.807) is 42.5 Å². The molecule has 0 saturated heterocycles. The van der Waals surface area contributed by atoms with Crippen LogP contribution in [0.5, 0.6) is 0 Å². The summed E-state index contributed by atoms with van der Waals surface area (Å²) in [5, 5.41) is 27.3. The number of hydrogen-bond acceptors (Lipinski definition) is 5. The maximum atomic E-state index is 13.0. The highest BCUT2D eigenvalue weighted by molar-refractivity contribution is 6.43. The summed E-state index contributed by atoms with van der Waals surface area (Å²) in [5.41, 5.74) is 1.93. The van der Waals surface area contributed by atoms with E-state index >= 15 is 0 Å². The molecule has 188 valence electrons. The van der Waals surface area contributed by atoms with Gasteiger partial charge in [0.25, 0.3) is 11.8 Å². The molecule has 0 radical (unpaired) electrons. The van der Waals surface area contributed by atoms with Crippen LogP contribution in [0.1, 0.15) is 66.3 Å². The molecule has 0 fully saturated rings. The highest BCUT2D eigenvalue weighted by atomic mass is 16.4. The van der Waals surface area contributed by atoms with Gasteiger partial charge in [-0.1, -0.05) is 57.5 Å². The summed E-state index contributed by atoms with van der Waals surface area (Å²) in [5.74, 6) is -2.29. The van der Waals surface area contributed by atoms with E-state index in [2.05, 4.69) is 22.9 Å². The summed E-state index contributed by atoms with van der Waals surface area (Å²) in [6.07, 6.45) is 3.40. The van der Waals surface area contributed by atoms with Crippen molar-refractivity contribution < 1.29 is 24.4 Å². The molecule has 0 bridgehead atoms. The smallest absolute Gasteiger partial charge is 0.426 e. The summed E-state index contributed by atoms with van der Waals surface area (Å²) in [7, 11) is -1.76. The van der Waals surface area contributed by atoms with Crippen LogP contribution in [0.15, 0.2) is 54.6 Å². The molecule has 0 heterocycles. The van der Waals surface area contributed by atoms with Crippen molar-refractivity contribution in [3.05, 3.63) is 71.3 Å². The fraction of sp³-hybridized carbons (Fsp3) is 0.423. The number of aryl methyl sites for hydroxylation is 1. The molecule has 0 saturated carbocycles. The average Bonchev–Trinajstić information content (AvgIpc) is 2.84. The van der Waals surface area contributed by atoms with Crippen molar-refractivity contribution >= 4 is 24.8 Å². The molecule has 2 atom stereocenters. The minimum absolute atomic E-state index is 0.0964. The van der Waals surface area contributed by atoms with Crippen LogP contribution in [-0.2, 0) is 11.2 Å². The number of benzene rings is 2. The van der Waals surface area contributed by atoms with Crippen LogP contribution >= 0.6 is 0 Å². The topological polar surface area (TPSA) is 128 Å². The molecule has 0 aliphatic rings. The second-order valence-corrected chi connectivity index (χ2v) is 9.06. The fourth-order valence-electron chi connectivity index (χ4n) is 3.59. The Bertz CT molecular complexity index is 951. The Kier molecular flexibility index (Phi) is 11.5. The number of rotatable bonds is 13. The predicted molar refractivity (Wildman–Crippen MR) is 137 cm³/mol. The lowest BCUT2D eigenvalue weighted by molar-refractivity contribution is -0.123. The Labute approximate surface area is 207 Å². The van der Waals surface area contributed by atoms with E-state index in [-0.39, 0.29) is 18.4 Å². The van der Waals surface area contributed by atoms with E-state index in [1.165, 1.54) is 0 Å². The Morgan fingerprint density at radius 1 is 0.886 bits per heavy atom. The van der Waals surface area contributed by atoms with E-state index in [1.807, 2.05) is 26.0 Å². The molecule has 9 heteroatoms. The molecule has 2 aromatic carbocycles. The lowest BCUT2D eigenvalue weighted by Crippen LogP contribution is -2.57. The maximum Gasteiger partial charge on any atom is 0.475 e. The number of amides is 3. The van der Waals surface area contributed by atoms with Crippen LogP contribution in [0.4, 0.5) is 0 Å². The van der Waals surface area contributed by atoms with Crippen molar-refractivity contribution in [3.8, 4) is 0 Å². The van der Waals surface area contributed by atoms with E-state index in [0.29, 0.717) is 17.5 Å². The van der Waals surface area contributed by atoms with Crippen LogP contribution in [0.25, 0.3) is 0 Å². The zero-order chi connectivity index (χ0) is 25.8. The predicted octanol–water partition coefficient (Wildman–Crippen LogP) is 2.10. The van der Waals surface area contributed by atoms with Crippen molar-refractivity contribution in [2.24, 2.45) is 5.92 Å². The quantitative estimate of drug-likeness (QED) is 0.280. The highest BCUT2D eigenvalue weighted by Crippen LogP contribution is 2.09. The van der Waals surface area contributed by atoms with Crippen LogP contribution < -0.4 is 16.0 Å². The molecule has 2 rings (SSSR count). The molecule has 0 aromatic heterocycles. The van der Waals surface area contributed by atoms with Crippen LogP contribution in [0.2, 0.25) is 0 Å². The number of carbonyl (C=O) groups is 3. The monoisotopic (exact) mass is 481 g/mol. The summed E-state index contributed by atoms with van der Waals surface area (Å²) in [4.78, 5) is 38.4. The van der Waals surface area contributed by atoms with Crippen LogP contribution in [0.3, 0.4) is 0 Å². The largest absolute Gasteiger partial charge is 0.475 e. The van der Waals surface area contributed by atoms with Crippen molar-refractivity contribution in [2.45, 2.75) is 58.4 Å². The molecule has 0 unspecified atom stereocenters. The summed E-state index contributed by atoms with van der Waals surface area (Å²) < 4.78 is 0. The van der Waals surface area contributed by atoms with Gasteiger partial charge >= 0.3 is 7.12 Å². The lowest BCUT2D eigenvalue weighted by atomic mass is 9.75. The zero-order valence-corrected chi connectivity index (χ0v) is 20.7. The van der Waals surface area contributed by atoms with E-state index in [9.17, 15) is 24.4 Å². The van der Waals surface area contributed by atoms with Gasteiger partial charge in [0.05, 0.1) is 5.94 Å². The Morgan fingerprint density at radius 2 is 1.51 bits per heavy atom. The second-order valence-electron chi connectivity index (χ2n) is 9.06. The maximum absolute atomic E-state index is 13.0. The first-order valence-electron chi connectivity index (χ1n) is 12.1. The van der Waals surface area contributed by atoms with Crippen molar-refractivity contribution in [1.82, 2.24) is 16.0 Å². The Morgan fingerprint density at radius 3 is 2.09 bits per heavy atom. The number of unbranched alkanes of at least 4 members (excludes halogenated alkanes) is 1. The van der Waals surface area contributed by atoms with Crippen LogP contribution in [-0.4, -0.2) is 53.4 Å². The van der Waals surface area contributed by atoms with Gasteiger partial charge in [-0.2, -0.15) is 0 Å². The van der Waals surface area contributed by atoms with E-state index < -0.39 is 30.9 Å². The lowest BCUT2D eigenvalue weighted by Gasteiger charge is -2.24. The molecule has 0 spiro atoms. The van der Waals surface area contributed by atoms with E-state index in [0.717, 1.165) is 24.8 Å². The van der Waals surface area contributed by atoms with Gasteiger partial charge in [-0.3, -0.25) is 14.4 Å². The number of nitrogens with one attached hydrogen (secondary N) is 3. The summed E-state index contributed by atoms with van der Waals surface area (Å²) in [6, 6.07) is 14.6. The van der Waals surface area contributed by atoms with E-state index in [4.69, 9.17) is 0 Å². The molecule has 0 aliphatic heterocycles. The number of carbonyl (C=O) groups excluding carboxylic acids is 3. The van der Waals surface area contributed by atoms with Gasteiger partial charge in [-0.15, -0.1) is 0 Å². The van der Waals surface area contributed by atoms with Gasteiger partial charge in [-0.25, -0.2) is 0 Å². The summed E-state index contributed by atoms with van der Waals surface area (Å²) in [6.45, 7) is 5.73. The fourth-order valence-corrected chi connectivity index (χ4v) is 3.59. The molecule has 5 N–H and O–H groups in total. The molecule has 35 heavy (non-hydrogen) atoms. The molecule has 2 aromatic rings. The molecule has 0 aliphatic carbocycles. The summed E-state index contributed by atoms with van der Waals surface area (Å²) >= 11 is 0. The van der Waals surface area contributed by atoms with Gasteiger partial charge in [0.15, 0.2) is 0 Å². The SMILES string of the molecule is CCCCc1ccc(C(=O)N[C@@H](CNC(=O)c2ccccc2)C(=O)N[C@@H](CC(C)C)B(O)O)cc1. The molecular formula is C26H36BN3O5. The number of hydrogen-bond donors (Lipinski definition) is 5. The molecule has 3 amide bonds. The normalized spacial score (nSPS) is 12.5. The minimum atomic E-state index is -1.76. The second kappa shape index (κ2) is 14.3. The minimum Gasteiger partial charge on any atom is -0.426 e. The van der Waals surface area contributed by atoms with Gasteiger partial charge in [0.2, 0.25) is 5.91 Å².